The predicted molar refractivity (Wildman–Crippen MR) is 61.0 cm³/mol. The molecular weight excluding hydrogens is 204 g/mol. The summed E-state index contributed by atoms with van der Waals surface area (Å²) in [6.07, 6.45) is 6.33. The van der Waals surface area contributed by atoms with E-state index in [2.05, 4.69) is 15.3 Å². The van der Waals surface area contributed by atoms with Gasteiger partial charge in [0.25, 0.3) is 0 Å². The molecule has 1 heterocycles. The lowest BCUT2D eigenvalue weighted by atomic mass is 10.2. The summed E-state index contributed by atoms with van der Waals surface area (Å²) in [5.41, 5.74) is 0.339. The highest BCUT2D eigenvalue weighted by molar-refractivity contribution is 5.32. The van der Waals surface area contributed by atoms with Crippen molar-refractivity contribution in [3.63, 3.8) is 0 Å². The Morgan fingerprint density at radius 3 is 2.81 bits per heavy atom. The first-order chi connectivity index (χ1) is 7.86. The third-order valence-electron chi connectivity index (χ3n) is 2.10. The minimum absolute atomic E-state index is 0.339. The highest BCUT2D eigenvalue weighted by Crippen LogP contribution is 2.01. The molecule has 16 heavy (non-hydrogen) atoms. The number of methoxy groups -OCH3 is 1. The summed E-state index contributed by atoms with van der Waals surface area (Å²) in [5.74, 6) is 0.714. The smallest absolute Gasteiger partial charge is 0.158 e. The van der Waals surface area contributed by atoms with Gasteiger partial charge >= 0.3 is 0 Å². The lowest BCUT2D eigenvalue weighted by Crippen LogP contribution is -2.04. The van der Waals surface area contributed by atoms with Crippen molar-refractivity contribution in [3.05, 3.63) is 18.1 Å². The van der Waals surface area contributed by atoms with Crippen LogP contribution in [0.3, 0.4) is 0 Å². The molecule has 0 aliphatic rings. The molecule has 0 saturated heterocycles. The summed E-state index contributed by atoms with van der Waals surface area (Å²) in [6.45, 7) is 1.68. The van der Waals surface area contributed by atoms with Gasteiger partial charge in [0.15, 0.2) is 5.69 Å². The van der Waals surface area contributed by atoms with E-state index in [0.717, 1.165) is 32.4 Å². The largest absolute Gasteiger partial charge is 0.385 e. The maximum atomic E-state index is 8.54. The number of ether oxygens (including phenoxy) is 1. The molecule has 5 heteroatoms. The average Bonchev–Trinajstić information content (AvgIpc) is 2.34. The molecule has 5 nitrogen and oxygen atoms in total. The predicted octanol–water partition coefficient (Wildman–Crippen LogP) is 1.58. The third-order valence-corrected chi connectivity index (χ3v) is 2.10. The zero-order valence-corrected chi connectivity index (χ0v) is 9.44. The number of nitrogens with one attached hydrogen (secondary N) is 1. The van der Waals surface area contributed by atoms with Gasteiger partial charge in [-0.15, -0.1) is 0 Å². The number of nitriles is 1. The molecule has 0 fully saturated rings. The average molecular weight is 220 g/mol. The summed E-state index contributed by atoms with van der Waals surface area (Å²) in [6, 6.07) is 1.93. The van der Waals surface area contributed by atoms with Crippen molar-refractivity contribution < 1.29 is 4.74 Å². The molecule has 0 aromatic carbocycles. The van der Waals surface area contributed by atoms with Gasteiger partial charge in [-0.25, -0.2) is 9.97 Å². The summed E-state index contributed by atoms with van der Waals surface area (Å²) in [5, 5.41) is 11.7. The molecule has 0 unspecified atom stereocenters. The van der Waals surface area contributed by atoms with Crippen LogP contribution in [0.15, 0.2) is 12.4 Å². The number of hydrogen-bond donors (Lipinski definition) is 1. The standard InChI is InChI=1S/C11H16N4O/c1-16-6-4-2-3-5-13-11-9-14-10(7-12)8-15-11/h8-9H,2-6H2,1H3,(H,13,15). The van der Waals surface area contributed by atoms with E-state index in [-0.39, 0.29) is 0 Å². The molecule has 0 spiro atoms. The van der Waals surface area contributed by atoms with Gasteiger partial charge in [-0.05, 0) is 19.3 Å². The fraction of sp³-hybridized carbons (Fsp3) is 0.545. The Hall–Kier alpha value is -1.67. The molecule has 1 rings (SSSR count). The van der Waals surface area contributed by atoms with Gasteiger partial charge in [-0.1, -0.05) is 0 Å². The van der Waals surface area contributed by atoms with Crippen LogP contribution >= 0.6 is 0 Å². The molecule has 1 aromatic heterocycles. The number of anilines is 1. The first kappa shape index (κ1) is 12.4. The maximum absolute atomic E-state index is 8.54. The number of hydrogen-bond acceptors (Lipinski definition) is 5. The van der Waals surface area contributed by atoms with Gasteiger partial charge in [-0.2, -0.15) is 5.26 Å². The second-order valence-corrected chi connectivity index (χ2v) is 3.38. The zero-order chi connectivity index (χ0) is 11.6. The van der Waals surface area contributed by atoms with Crippen molar-refractivity contribution in [1.29, 1.82) is 5.26 Å². The summed E-state index contributed by atoms with van der Waals surface area (Å²) in [4.78, 5) is 7.98. The SMILES string of the molecule is COCCCCCNc1cnc(C#N)cn1. The van der Waals surface area contributed by atoms with Gasteiger partial charge in [0.1, 0.15) is 11.9 Å². The Morgan fingerprint density at radius 2 is 2.19 bits per heavy atom. The molecule has 0 amide bonds. The van der Waals surface area contributed by atoms with Crippen molar-refractivity contribution in [1.82, 2.24) is 9.97 Å². The molecule has 1 aromatic rings. The van der Waals surface area contributed by atoms with Gasteiger partial charge in [-0.3, -0.25) is 0 Å². The highest BCUT2D eigenvalue weighted by atomic mass is 16.5. The Balaban J connectivity index is 2.15. The Morgan fingerprint density at radius 1 is 1.31 bits per heavy atom. The van der Waals surface area contributed by atoms with Crippen LogP contribution in [0.2, 0.25) is 0 Å². The van der Waals surface area contributed by atoms with Crippen LogP contribution in [-0.2, 0) is 4.74 Å². The van der Waals surface area contributed by atoms with E-state index < -0.39 is 0 Å². The van der Waals surface area contributed by atoms with E-state index in [1.807, 2.05) is 6.07 Å². The number of nitrogens with zero attached hydrogens (tertiary/aromatic N) is 3. The van der Waals surface area contributed by atoms with Crippen LogP contribution in [-0.4, -0.2) is 30.2 Å². The van der Waals surface area contributed by atoms with Gasteiger partial charge in [0.05, 0.1) is 12.4 Å². The molecule has 0 saturated carbocycles. The molecule has 1 N–H and O–H groups in total. The second-order valence-electron chi connectivity index (χ2n) is 3.38. The maximum Gasteiger partial charge on any atom is 0.158 e. The topological polar surface area (TPSA) is 70.8 Å². The molecule has 86 valence electrons. The Kier molecular flexibility index (Phi) is 5.89. The van der Waals surface area contributed by atoms with Crippen LogP contribution in [0.4, 0.5) is 5.82 Å². The number of unbranched alkanes of at least 4 members (excludes halogenated alkanes) is 2. The quantitative estimate of drug-likeness (QED) is 0.706. The van der Waals surface area contributed by atoms with Crippen LogP contribution in [0.5, 0.6) is 0 Å². The monoisotopic (exact) mass is 220 g/mol. The fourth-order valence-electron chi connectivity index (χ4n) is 1.24. The second kappa shape index (κ2) is 7.60. The molecular formula is C11H16N4O. The van der Waals surface area contributed by atoms with E-state index in [0.29, 0.717) is 11.5 Å². The van der Waals surface area contributed by atoms with Crippen LogP contribution in [0, 0.1) is 11.3 Å². The van der Waals surface area contributed by atoms with Gasteiger partial charge < -0.3 is 10.1 Å². The van der Waals surface area contributed by atoms with Crippen molar-refractivity contribution >= 4 is 5.82 Å². The fourth-order valence-corrected chi connectivity index (χ4v) is 1.24. The lowest BCUT2D eigenvalue weighted by Gasteiger charge is -2.04. The minimum atomic E-state index is 0.339. The van der Waals surface area contributed by atoms with E-state index in [1.54, 1.807) is 13.3 Å². The van der Waals surface area contributed by atoms with Crippen LogP contribution in [0.1, 0.15) is 25.0 Å². The molecule has 0 bridgehead atoms. The van der Waals surface area contributed by atoms with E-state index in [4.69, 9.17) is 10.00 Å². The first-order valence-corrected chi connectivity index (χ1v) is 5.32. The summed E-state index contributed by atoms with van der Waals surface area (Å²) in [7, 11) is 1.71. The minimum Gasteiger partial charge on any atom is -0.385 e. The molecule has 0 aliphatic carbocycles. The third kappa shape index (κ3) is 4.71. The van der Waals surface area contributed by atoms with Crippen molar-refractivity contribution in [2.24, 2.45) is 0 Å². The Bertz CT molecular complexity index is 331. The molecule has 0 aliphatic heterocycles. The molecule has 0 radical (unpaired) electrons. The van der Waals surface area contributed by atoms with Crippen LogP contribution < -0.4 is 5.32 Å². The molecule has 0 atom stereocenters. The van der Waals surface area contributed by atoms with Gasteiger partial charge in [0, 0.05) is 20.3 Å². The van der Waals surface area contributed by atoms with Crippen LogP contribution in [0.25, 0.3) is 0 Å². The summed E-state index contributed by atoms with van der Waals surface area (Å²) >= 11 is 0. The van der Waals surface area contributed by atoms with E-state index >= 15 is 0 Å². The highest BCUT2D eigenvalue weighted by Gasteiger charge is 1.95. The Labute approximate surface area is 95.5 Å². The summed E-state index contributed by atoms with van der Waals surface area (Å²) < 4.78 is 4.96. The van der Waals surface area contributed by atoms with Gasteiger partial charge in [0.2, 0.25) is 0 Å². The zero-order valence-electron chi connectivity index (χ0n) is 9.44. The van der Waals surface area contributed by atoms with E-state index in [1.165, 1.54) is 6.20 Å². The van der Waals surface area contributed by atoms with Crippen molar-refractivity contribution in [3.8, 4) is 6.07 Å². The van der Waals surface area contributed by atoms with Crippen molar-refractivity contribution in [2.75, 3.05) is 25.6 Å². The van der Waals surface area contributed by atoms with E-state index in [9.17, 15) is 0 Å². The first-order valence-electron chi connectivity index (χ1n) is 5.32. The number of aromatic nitrogens is 2. The normalized spacial score (nSPS) is 9.75. The van der Waals surface area contributed by atoms with Crippen molar-refractivity contribution in [2.45, 2.75) is 19.3 Å². The number of rotatable bonds is 7. The lowest BCUT2D eigenvalue weighted by molar-refractivity contribution is 0.192.